The average molecular weight is 462 g/mol. The normalized spacial score (nSPS) is 11.5. The first-order valence-electron chi connectivity index (χ1n) is 9.28. The lowest BCUT2D eigenvalue weighted by Gasteiger charge is -2.11. The summed E-state index contributed by atoms with van der Waals surface area (Å²) >= 11 is 0. The van der Waals surface area contributed by atoms with Gasteiger partial charge in [0.2, 0.25) is 0 Å². The van der Waals surface area contributed by atoms with Gasteiger partial charge in [0.15, 0.2) is 23.3 Å². The lowest BCUT2D eigenvalue weighted by Crippen LogP contribution is -2.19. The van der Waals surface area contributed by atoms with Crippen LogP contribution in [0.3, 0.4) is 0 Å². The van der Waals surface area contributed by atoms with Crippen LogP contribution in [0.2, 0.25) is 0 Å². The maximum atomic E-state index is 15.0. The summed E-state index contributed by atoms with van der Waals surface area (Å²) in [6, 6.07) is 10.2. The van der Waals surface area contributed by atoms with E-state index in [0.29, 0.717) is 22.5 Å². The maximum absolute atomic E-state index is 15.0. The molecule has 11 heteroatoms. The van der Waals surface area contributed by atoms with E-state index in [-0.39, 0.29) is 5.56 Å². The van der Waals surface area contributed by atoms with Crippen molar-refractivity contribution in [3.8, 4) is 16.9 Å². The predicted octanol–water partition coefficient (Wildman–Crippen LogP) is 5.62. The van der Waals surface area contributed by atoms with E-state index in [0.717, 1.165) is 24.3 Å². The molecule has 2 aromatic carbocycles. The molecule has 0 fully saturated rings. The fourth-order valence-electron chi connectivity index (χ4n) is 3.09. The number of hydrogen-bond acceptors (Lipinski definition) is 3. The molecule has 4 aromatic rings. The number of hydrogen-bond donors (Lipinski definition) is 1. The van der Waals surface area contributed by atoms with Gasteiger partial charge in [-0.3, -0.25) is 4.79 Å². The number of anilines is 1. The second-order valence-corrected chi connectivity index (χ2v) is 6.77. The van der Waals surface area contributed by atoms with Crippen molar-refractivity contribution >= 4 is 11.7 Å². The number of amides is 1. The van der Waals surface area contributed by atoms with Crippen LogP contribution in [-0.4, -0.2) is 20.7 Å². The molecule has 0 aliphatic heterocycles. The van der Waals surface area contributed by atoms with Gasteiger partial charge in [-0.25, -0.2) is 22.8 Å². The molecule has 0 unspecified atom stereocenters. The summed E-state index contributed by atoms with van der Waals surface area (Å²) in [6.07, 6.45) is -2.88. The van der Waals surface area contributed by atoms with Gasteiger partial charge < -0.3 is 5.32 Å². The number of carbonyl (C=O) groups excluding carboxylic acids is 1. The molecule has 33 heavy (non-hydrogen) atoms. The van der Waals surface area contributed by atoms with Crippen molar-refractivity contribution in [1.29, 1.82) is 0 Å². The third-order valence-corrected chi connectivity index (χ3v) is 4.62. The number of nitrogens with one attached hydrogen (secondary N) is 1. The molecular weight excluding hydrogens is 450 g/mol. The fraction of sp³-hybridized carbons (Fsp3) is 0.0455. The second kappa shape index (κ2) is 8.41. The molecule has 2 aromatic heterocycles. The molecule has 2 heterocycles. The molecule has 0 bridgehead atoms. The first-order chi connectivity index (χ1) is 15.6. The van der Waals surface area contributed by atoms with Gasteiger partial charge in [0.1, 0.15) is 5.82 Å². The molecule has 1 N–H and O–H groups in total. The highest BCUT2D eigenvalue weighted by Crippen LogP contribution is 2.32. The number of benzene rings is 2. The summed E-state index contributed by atoms with van der Waals surface area (Å²) < 4.78 is 82.7. The van der Waals surface area contributed by atoms with Crippen molar-refractivity contribution in [2.24, 2.45) is 0 Å². The van der Waals surface area contributed by atoms with Crippen molar-refractivity contribution in [3.63, 3.8) is 0 Å². The number of alkyl halides is 3. The number of pyridine rings is 1. The Balaban J connectivity index is 1.66. The number of halogens is 6. The van der Waals surface area contributed by atoms with E-state index in [1.165, 1.54) is 30.5 Å². The molecule has 0 radical (unpaired) electrons. The van der Waals surface area contributed by atoms with Gasteiger partial charge in [0.25, 0.3) is 5.91 Å². The lowest BCUT2D eigenvalue weighted by molar-refractivity contribution is -0.137. The number of nitrogens with zero attached hydrogens (tertiary/aromatic N) is 3. The third-order valence-electron chi connectivity index (χ3n) is 4.62. The van der Waals surface area contributed by atoms with Crippen LogP contribution in [0.1, 0.15) is 15.9 Å². The highest BCUT2D eigenvalue weighted by atomic mass is 19.4. The Morgan fingerprint density at radius 3 is 2.33 bits per heavy atom. The molecular formula is C22H12F6N4O. The first kappa shape index (κ1) is 22.1. The van der Waals surface area contributed by atoms with Gasteiger partial charge in [0, 0.05) is 11.8 Å². The monoisotopic (exact) mass is 462 g/mol. The second-order valence-electron chi connectivity index (χ2n) is 6.77. The van der Waals surface area contributed by atoms with Crippen molar-refractivity contribution in [2.45, 2.75) is 6.18 Å². The van der Waals surface area contributed by atoms with E-state index in [1.807, 2.05) is 5.32 Å². The maximum Gasteiger partial charge on any atom is 0.417 e. The predicted molar refractivity (Wildman–Crippen MR) is 106 cm³/mol. The van der Waals surface area contributed by atoms with E-state index >= 15 is 4.39 Å². The Kier molecular flexibility index (Phi) is 5.62. The van der Waals surface area contributed by atoms with E-state index in [2.05, 4.69) is 10.1 Å². The Hall–Kier alpha value is -4.15. The summed E-state index contributed by atoms with van der Waals surface area (Å²) in [5, 5.41) is 5.68. The number of carbonyl (C=O) groups is 1. The van der Waals surface area contributed by atoms with Crippen molar-refractivity contribution in [2.75, 3.05) is 5.32 Å². The zero-order valence-corrected chi connectivity index (χ0v) is 16.4. The quantitative estimate of drug-likeness (QED) is 0.401. The zero-order valence-electron chi connectivity index (χ0n) is 16.4. The molecule has 5 nitrogen and oxygen atoms in total. The van der Waals surface area contributed by atoms with Crippen LogP contribution in [0, 0.1) is 17.5 Å². The van der Waals surface area contributed by atoms with Gasteiger partial charge >= 0.3 is 6.18 Å². The van der Waals surface area contributed by atoms with Crippen molar-refractivity contribution in [3.05, 3.63) is 95.6 Å². The average Bonchev–Trinajstić information content (AvgIpc) is 3.14. The van der Waals surface area contributed by atoms with Crippen LogP contribution >= 0.6 is 0 Å². The Morgan fingerprint density at radius 2 is 1.64 bits per heavy atom. The minimum absolute atomic E-state index is 0.0283. The summed E-state index contributed by atoms with van der Waals surface area (Å²) in [5.74, 6) is -4.96. The molecule has 168 valence electrons. The zero-order chi connectivity index (χ0) is 23.8. The SMILES string of the molecule is O=C(Nc1nn(-c2nccc(-c3ccc(F)cc3)c2F)cc1F)c1ccccc1C(F)(F)F. The minimum atomic E-state index is -4.81. The molecule has 4 rings (SSSR count). The largest absolute Gasteiger partial charge is 0.417 e. The third kappa shape index (κ3) is 4.43. The molecule has 0 aliphatic carbocycles. The van der Waals surface area contributed by atoms with Gasteiger partial charge in [0.05, 0.1) is 17.3 Å². The van der Waals surface area contributed by atoms with Crippen LogP contribution < -0.4 is 5.32 Å². The Bertz CT molecular complexity index is 1330. The summed E-state index contributed by atoms with van der Waals surface area (Å²) in [7, 11) is 0. The molecule has 0 saturated heterocycles. The van der Waals surface area contributed by atoms with Crippen molar-refractivity contribution in [1.82, 2.24) is 14.8 Å². The first-order valence-corrected chi connectivity index (χ1v) is 9.28. The van der Waals surface area contributed by atoms with Gasteiger partial charge in [-0.05, 0) is 35.9 Å². The number of aromatic nitrogens is 3. The van der Waals surface area contributed by atoms with Crippen LogP contribution in [0.5, 0.6) is 0 Å². The molecule has 0 atom stereocenters. The van der Waals surface area contributed by atoms with Gasteiger partial charge in [-0.1, -0.05) is 24.3 Å². The van der Waals surface area contributed by atoms with Gasteiger partial charge in [-0.15, -0.1) is 5.10 Å². The van der Waals surface area contributed by atoms with E-state index < -0.39 is 52.3 Å². The molecule has 0 spiro atoms. The van der Waals surface area contributed by atoms with Crippen LogP contribution in [0.15, 0.2) is 67.0 Å². The van der Waals surface area contributed by atoms with E-state index in [1.54, 1.807) is 0 Å². The summed E-state index contributed by atoms with van der Waals surface area (Å²) in [5.41, 5.74) is -1.59. The van der Waals surface area contributed by atoms with Crippen LogP contribution in [-0.2, 0) is 6.18 Å². The molecule has 0 aliphatic rings. The highest BCUT2D eigenvalue weighted by molar-refractivity contribution is 6.05. The summed E-state index contributed by atoms with van der Waals surface area (Å²) in [4.78, 5) is 16.2. The number of rotatable bonds is 4. The standard InChI is InChI=1S/C22H12F6N4O/c23-13-7-5-12(6-8-13)14-9-10-29-20(18(14)25)32-11-17(24)19(31-32)30-21(33)15-3-1-2-4-16(15)22(26,27)28/h1-11H,(H,30,31,33). The minimum Gasteiger partial charge on any atom is -0.303 e. The topological polar surface area (TPSA) is 59.8 Å². The lowest BCUT2D eigenvalue weighted by atomic mass is 10.1. The van der Waals surface area contributed by atoms with Crippen LogP contribution in [0.25, 0.3) is 16.9 Å². The Morgan fingerprint density at radius 1 is 0.939 bits per heavy atom. The van der Waals surface area contributed by atoms with Gasteiger partial charge in [-0.2, -0.15) is 13.2 Å². The van der Waals surface area contributed by atoms with E-state index in [4.69, 9.17) is 0 Å². The van der Waals surface area contributed by atoms with Crippen molar-refractivity contribution < 1.29 is 31.1 Å². The smallest absolute Gasteiger partial charge is 0.303 e. The summed E-state index contributed by atoms with van der Waals surface area (Å²) in [6.45, 7) is 0. The fourth-order valence-corrected chi connectivity index (χ4v) is 3.09. The highest BCUT2D eigenvalue weighted by Gasteiger charge is 2.35. The Labute approximate surface area is 182 Å². The molecule has 1 amide bonds. The van der Waals surface area contributed by atoms with Crippen LogP contribution in [0.4, 0.5) is 32.2 Å². The van der Waals surface area contributed by atoms with E-state index in [9.17, 15) is 26.7 Å². The molecule has 0 saturated carbocycles.